The van der Waals surface area contributed by atoms with Gasteiger partial charge in [-0.25, -0.2) is 0 Å². The lowest BCUT2D eigenvalue weighted by Crippen LogP contribution is -2.03. The van der Waals surface area contributed by atoms with Gasteiger partial charge in [0.25, 0.3) is 0 Å². The highest BCUT2D eigenvalue weighted by atomic mass is 15.0. The highest BCUT2D eigenvalue weighted by Crippen LogP contribution is 2.41. The van der Waals surface area contributed by atoms with Crippen LogP contribution in [0.25, 0.3) is 61.4 Å². The number of hydrogen-bond donors (Lipinski definition) is 1. The Hall–Kier alpha value is -5.60. The van der Waals surface area contributed by atoms with E-state index in [2.05, 4.69) is 162 Å². The molecule has 5 aromatic carbocycles. The molecule has 0 spiro atoms. The van der Waals surface area contributed by atoms with Gasteiger partial charge in [0.05, 0.1) is 5.52 Å². The van der Waals surface area contributed by atoms with Crippen molar-refractivity contribution in [2.75, 3.05) is 5.32 Å². The van der Waals surface area contributed by atoms with Crippen molar-refractivity contribution in [2.45, 2.75) is 32.6 Å². The molecule has 0 fully saturated rings. The fraction of sp³-hybridized carbons (Fsp3) is 0.111. The van der Waals surface area contributed by atoms with Crippen LogP contribution in [-0.2, 0) is 6.42 Å². The summed E-state index contributed by atoms with van der Waals surface area (Å²) < 4.78 is 2.48. The zero-order valence-electron chi connectivity index (χ0n) is 26.8. The molecule has 228 valence electrons. The van der Waals surface area contributed by atoms with Crippen LogP contribution in [0.2, 0.25) is 0 Å². The third kappa shape index (κ3) is 5.36. The molecular formula is C45H38N2. The second-order valence-corrected chi connectivity index (χ2v) is 12.3. The fourth-order valence-corrected chi connectivity index (χ4v) is 7.33. The van der Waals surface area contributed by atoms with E-state index >= 15 is 0 Å². The highest BCUT2D eigenvalue weighted by Gasteiger charge is 2.20. The summed E-state index contributed by atoms with van der Waals surface area (Å²) in [6.45, 7) is 2.04. The molecule has 8 rings (SSSR count). The molecule has 1 N–H and O–H groups in total. The number of aromatic nitrogens is 1. The number of hydrogen-bond acceptors (Lipinski definition) is 1. The molecule has 0 radical (unpaired) electrons. The van der Waals surface area contributed by atoms with E-state index in [1.165, 1.54) is 66.1 Å². The van der Waals surface area contributed by atoms with Crippen molar-refractivity contribution >= 4 is 61.7 Å². The van der Waals surface area contributed by atoms with Crippen LogP contribution < -0.4 is 5.32 Å². The zero-order chi connectivity index (χ0) is 31.6. The van der Waals surface area contributed by atoms with Crippen LogP contribution in [-0.4, -0.2) is 4.57 Å². The lowest BCUT2D eigenvalue weighted by molar-refractivity contribution is 0.929. The largest absolute Gasteiger partial charge is 0.356 e. The topological polar surface area (TPSA) is 17.0 Å². The van der Waals surface area contributed by atoms with Crippen LogP contribution >= 0.6 is 0 Å². The molecule has 2 nitrogen and oxygen atoms in total. The zero-order valence-corrected chi connectivity index (χ0v) is 26.8. The predicted octanol–water partition coefficient (Wildman–Crippen LogP) is 12.7. The molecule has 2 aliphatic rings. The van der Waals surface area contributed by atoms with Crippen LogP contribution in [0.15, 0.2) is 146 Å². The van der Waals surface area contributed by atoms with E-state index in [-0.39, 0.29) is 0 Å². The molecule has 0 saturated heterocycles. The Morgan fingerprint density at radius 3 is 2.17 bits per heavy atom. The van der Waals surface area contributed by atoms with Crippen molar-refractivity contribution in [2.24, 2.45) is 0 Å². The summed E-state index contributed by atoms with van der Waals surface area (Å²) in [5.41, 5.74) is 11.4. The number of anilines is 2. The van der Waals surface area contributed by atoms with Gasteiger partial charge in [0, 0.05) is 28.2 Å². The van der Waals surface area contributed by atoms with Crippen molar-refractivity contribution in [3.05, 3.63) is 163 Å². The van der Waals surface area contributed by atoms with E-state index in [4.69, 9.17) is 0 Å². The van der Waals surface area contributed by atoms with Crippen LogP contribution in [0, 0.1) is 0 Å². The average Bonchev–Trinajstić information content (AvgIpc) is 3.46. The van der Waals surface area contributed by atoms with E-state index in [1.54, 1.807) is 0 Å². The second kappa shape index (κ2) is 12.7. The Kier molecular flexibility index (Phi) is 7.77. The van der Waals surface area contributed by atoms with E-state index < -0.39 is 0 Å². The molecule has 6 aromatic rings. The van der Waals surface area contributed by atoms with Crippen LogP contribution in [0.3, 0.4) is 0 Å². The Labute approximate surface area is 277 Å². The minimum atomic E-state index is 1.07. The summed E-state index contributed by atoms with van der Waals surface area (Å²) in [5.74, 6) is 0. The van der Waals surface area contributed by atoms with E-state index in [0.717, 1.165) is 37.1 Å². The van der Waals surface area contributed by atoms with Gasteiger partial charge in [-0.05, 0) is 119 Å². The summed E-state index contributed by atoms with van der Waals surface area (Å²) >= 11 is 0. The smallest absolute Gasteiger partial charge is 0.0535 e. The first-order valence-electron chi connectivity index (χ1n) is 16.8. The van der Waals surface area contributed by atoms with Crippen molar-refractivity contribution in [1.82, 2.24) is 4.57 Å². The van der Waals surface area contributed by atoms with Crippen molar-refractivity contribution in [1.29, 1.82) is 0 Å². The lowest BCUT2D eigenvalue weighted by atomic mass is 9.88. The van der Waals surface area contributed by atoms with Gasteiger partial charge >= 0.3 is 0 Å². The Bertz CT molecular complexity index is 2320. The van der Waals surface area contributed by atoms with Crippen LogP contribution in [0.4, 0.5) is 11.4 Å². The molecule has 47 heavy (non-hydrogen) atoms. The second-order valence-electron chi connectivity index (χ2n) is 12.3. The molecule has 0 atom stereocenters. The molecule has 0 amide bonds. The van der Waals surface area contributed by atoms with E-state index in [1.807, 2.05) is 13.0 Å². The van der Waals surface area contributed by atoms with E-state index in [9.17, 15) is 0 Å². The SMILES string of the molecule is C\C=C/C=C\C=C\c1c(-c2ccc(Nc3ccc4c(c3)c3c(n4C4=CC=CCC4)C=CCC3)cc2)c2ccccc2c2ccccc12. The number of allylic oxidation sites excluding steroid dienone is 10. The van der Waals surface area contributed by atoms with Gasteiger partial charge < -0.3 is 9.88 Å². The van der Waals surface area contributed by atoms with Gasteiger partial charge in [0.1, 0.15) is 0 Å². The standard InChI is InChI=1S/C45H38N2/c1-2-3-4-5-9-22-40-37-19-11-10-18-36(37)38-20-12-13-23-41(38)45(40)32-25-27-33(28-26-32)46-34-29-30-44-42(31-34)39-21-14-15-24-43(39)47(44)35-16-7-6-8-17-35/h2-7,9-13,15-16,18-20,22-31,46H,8,14,17,21H2,1H3/b3-2-,5-4-,22-9+. The number of rotatable bonds is 7. The third-order valence-electron chi connectivity index (χ3n) is 9.45. The molecule has 0 aliphatic heterocycles. The summed E-state index contributed by atoms with van der Waals surface area (Å²) in [6.07, 6.45) is 28.4. The molecule has 2 heteroatoms. The Morgan fingerprint density at radius 2 is 1.38 bits per heavy atom. The van der Waals surface area contributed by atoms with Gasteiger partial charge in [-0.2, -0.15) is 0 Å². The minimum Gasteiger partial charge on any atom is -0.356 e. The van der Waals surface area contributed by atoms with Gasteiger partial charge in [-0.15, -0.1) is 0 Å². The lowest BCUT2D eigenvalue weighted by Gasteiger charge is -2.17. The molecule has 0 saturated carbocycles. The van der Waals surface area contributed by atoms with Crippen LogP contribution in [0.5, 0.6) is 0 Å². The molecule has 0 unspecified atom stereocenters. The third-order valence-corrected chi connectivity index (χ3v) is 9.45. The molecule has 1 heterocycles. The maximum Gasteiger partial charge on any atom is 0.0535 e. The first-order valence-corrected chi connectivity index (χ1v) is 16.8. The monoisotopic (exact) mass is 606 g/mol. The Morgan fingerprint density at radius 1 is 0.660 bits per heavy atom. The molecular weight excluding hydrogens is 569 g/mol. The summed E-state index contributed by atoms with van der Waals surface area (Å²) in [4.78, 5) is 0. The number of nitrogens with zero attached hydrogens (tertiary/aromatic N) is 1. The van der Waals surface area contributed by atoms with Crippen molar-refractivity contribution in [3.63, 3.8) is 0 Å². The first-order chi connectivity index (χ1) is 23.3. The molecule has 2 aliphatic carbocycles. The maximum atomic E-state index is 3.72. The van der Waals surface area contributed by atoms with E-state index in [0.29, 0.717) is 0 Å². The van der Waals surface area contributed by atoms with Crippen molar-refractivity contribution < 1.29 is 0 Å². The summed E-state index contributed by atoms with van der Waals surface area (Å²) in [6, 6.07) is 33.4. The maximum absolute atomic E-state index is 3.72. The number of benzene rings is 5. The van der Waals surface area contributed by atoms with Crippen LogP contribution in [0.1, 0.15) is 43.0 Å². The number of fused-ring (bicyclic) bond motifs is 6. The molecule has 1 aromatic heterocycles. The van der Waals surface area contributed by atoms with Crippen molar-refractivity contribution in [3.8, 4) is 11.1 Å². The van der Waals surface area contributed by atoms with Gasteiger partial charge in [-0.3, -0.25) is 0 Å². The Balaban J connectivity index is 1.18. The average molecular weight is 607 g/mol. The van der Waals surface area contributed by atoms with Gasteiger partial charge in [-0.1, -0.05) is 115 Å². The summed E-state index contributed by atoms with van der Waals surface area (Å²) in [7, 11) is 0. The fourth-order valence-electron chi connectivity index (χ4n) is 7.33. The first kappa shape index (κ1) is 28.8. The van der Waals surface area contributed by atoms with Gasteiger partial charge in [0.15, 0.2) is 0 Å². The highest BCUT2D eigenvalue weighted by molar-refractivity contribution is 6.18. The number of nitrogens with one attached hydrogen (secondary N) is 1. The van der Waals surface area contributed by atoms with Gasteiger partial charge in [0.2, 0.25) is 0 Å². The normalized spacial score (nSPS) is 14.7. The number of aryl methyl sites for hydroxylation is 1. The minimum absolute atomic E-state index is 1.07. The quantitative estimate of drug-likeness (QED) is 0.141. The summed E-state index contributed by atoms with van der Waals surface area (Å²) in [5, 5.41) is 10.2. The molecule has 0 bridgehead atoms. The predicted molar refractivity (Wildman–Crippen MR) is 205 cm³/mol.